The maximum atomic E-state index is 5.78. The van der Waals surface area contributed by atoms with Gasteiger partial charge in [-0.2, -0.15) is 0 Å². The zero-order chi connectivity index (χ0) is 21.0. The van der Waals surface area contributed by atoms with Gasteiger partial charge in [0, 0.05) is 31.7 Å². The molecule has 0 saturated carbocycles. The first-order valence-electron chi connectivity index (χ1n) is 11.0. The van der Waals surface area contributed by atoms with Crippen LogP contribution in [0.5, 0.6) is 0 Å². The van der Waals surface area contributed by atoms with E-state index in [4.69, 9.17) is 24.4 Å². The Kier molecular flexibility index (Phi) is 7.74. The van der Waals surface area contributed by atoms with Crippen LogP contribution in [0.15, 0.2) is 30.3 Å². The quantitative estimate of drug-likeness (QED) is 0.577. The number of nitrogens with one attached hydrogen (secondary N) is 2. The van der Waals surface area contributed by atoms with E-state index >= 15 is 0 Å². The molecule has 0 radical (unpaired) electrons. The lowest BCUT2D eigenvalue weighted by molar-refractivity contribution is 0.223. The smallest absolute Gasteiger partial charge is 0.169 e. The fourth-order valence-corrected chi connectivity index (χ4v) is 5.29. The molecule has 2 aliphatic rings. The second kappa shape index (κ2) is 10.1. The lowest BCUT2D eigenvalue weighted by Gasteiger charge is -2.35. The van der Waals surface area contributed by atoms with Crippen LogP contribution in [0.25, 0.3) is 0 Å². The summed E-state index contributed by atoms with van der Waals surface area (Å²) < 4.78 is 0. The van der Waals surface area contributed by atoms with Crippen molar-refractivity contribution in [1.82, 2.24) is 20.4 Å². The highest BCUT2D eigenvalue weighted by atomic mass is 32.1. The Morgan fingerprint density at radius 3 is 2.34 bits per heavy atom. The van der Waals surface area contributed by atoms with Crippen LogP contribution >= 0.6 is 24.4 Å². The molecule has 1 aromatic rings. The third kappa shape index (κ3) is 6.05. The second-order valence-corrected chi connectivity index (χ2v) is 10.2. The van der Waals surface area contributed by atoms with E-state index in [0.717, 1.165) is 49.1 Å². The largest absolute Gasteiger partial charge is 0.360 e. The van der Waals surface area contributed by atoms with Gasteiger partial charge < -0.3 is 20.4 Å². The average molecular weight is 433 g/mol. The summed E-state index contributed by atoms with van der Waals surface area (Å²) in [6, 6.07) is 12.0. The zero-order valence-electron chi connectivity index (χ0n) is 18.2. The summed E-state index contributed by atoms with van der Waals surface area (Å²) in [6.07, 6.45) is 3.28. The summed E-state index contributed by atoms with van der Waals surface area (Å²) in [6.45, 7) is 12.0. The van der Waals surface area contributed by atoms with Gasteiger partial charge in [-0.15, -0.1) is 0 Å². The van der Waals surface area contributed by atoms with Crippen LogP contribution in [0.2, 0.25) is 0 Å². The molecule has 3 unspecified atom stereocenters. The van der Waals surface area contributed by atoms with Crippen molar-refractivity contribution < 1.29 is 0 Å². The maximum Gasteiger partial charge on any atom is 0.169 e. The van der Waals surface area contributed by atoms with E-state index in [1.54, 1.807) is 0 Å². The van der Waals surface area contributed by atoms with Gasteiger partial charge in [-0.3, -0.25) is 0 Å². The monoisotopic (exact) mass is 432 g/mol. The SMILES string of the molecule is CC(C)CC1CN(C(Cc2ccccc2)CN2C(=S)NCC2CC(C)C)C(=S)N1. The van der Waals surface area contributed by atoms with Crippen molar-refractivity contribution in [3.63, 3.8) is 0 Å². The highest BCUT2D eigenvalue weighted by Gasteiger charge is 2.36. The first-order valence-corrected chi connectivity index (χ1v) is 11.8. The molecule has 0 amide bonds. The van der Waals surface area contributed by atoms with E-state index in [0.29, 0.717) is 30.0 Å². The third-order valence-electron chi connectivity index (χ3n) is 5.86. The molecule has 2 aliphatic heterocycles. The Balaban J connectivity index is 1.78. The molecule has 2 saturated heterocycles. The average Bonchev–Trinajstić information content (AvgIpc) is 3.17. The number of rotatable bonds is 9. The number of hydrogen-bond acceptors (Lipinski definition) is 2. The summed E-state index contributed by atoms with van der Waals surface area (Å²) in [5.74, 6) is 1.32. The molecule has 2 N–H and O–H groups in total. The topological polar surface area (TPSA) is 30.5 Å². The zero-order valence-corrected chi connectivity index (χ0v) is 19.9. The molecule has 2 fully saturated rings. The van der Waals surface area contributed by atoms with E-state index in [-0.39, 0.29) is 0 Å². The summed E-state index contributed by atoms with van der Waals surface area (Å²) in [5.41, 5.74) is 1.35. The van der Waals surface area contributed by atoms with Crippen molar-refractivity contribution in [2.75, 3.05) is 19.6 Å². The number of thiocarbonyl (C=S) groups is 2. The predicted octanol–water partition coefficient (Wildman–Crippen LogP) is 3.81. The molecule has 29 heavy (non-hydrogen) atoms. The molecule has 160 valence electrons. The van der Waals surface area contributed by atoms with Gasteiger partial charge in [0.25, 0.3) is 0 Å². The van der Waals surface area contributed by atoms with Crippen molar-refractivity contribution in [2.24, 2.45) is 11.8 Å². The van der Waals surface area contributed by atoms with Crippen LogP contribution in [-0.4, -0.2) is 57.8 Å². The number of nitrogens with zero attached hydrogens (tertiary/aromatic N) is 2. The molecule has 0 aromatic heterocycles. The van der Waals surface area contributed by atoms with Gasteiger partial charge in [0.2, 0.25) is 0 Å². The van der Waals surface area contributed by atoms with Crippen LogP contribution in [0, 0.1) is 11.8 Å². The summed E-state index contributed by atoms with van der Waals surface area (Å²) in [7, 11) is 0. The Bertz CT molecular complexity index is 691. The molecular weight excluding hydrogens is 396 g/mol. The number of hydrogen-bond donors (Lipinski definition) is 2. The summed E-state index contributed by atoms with van der Waals surface area (Å²) in [4.78, 5) is 4.84. The Labute approximate surface area is 187 Å². The van der Waals surface area contributed by atoms with Gasteiger partial charge in [0.05, 0.1) is 6.04 Å². The Hall–Kier alpha value is -1.40. The van der Waals surface area contributed by atoms with E-state index in [2.05, 4.69) is 78.5 Å². The fraction of sp³-hybridized carbons (Fsp3) is 0.652. The minimum absolute atomic E-state index is 0.307. The van der Waals surface area contributed by atoms with Crippen molar-refractivity contribution in [2.45, 2.75) is 65.1 Å². The first-order chi connectivity index (χ1) is 13.8. The Morgan fingerprint density at radius 2 is 1.69 bits per heavy atom. The van der Waals surface area contributed by atoms with Crippen molar-refractivity contribution in [3.8, 4) is 0 Å². The van der Waals surface area contributed by atoms with Crippen LogP contribution in [0.4, 0.5) is 0 Å². The standard InChI is InChI=1S/C23H36N4S2/c1-16(2)10-19-14-26(23(29)25-19)21(12-18-8-6-5-7-9-18)15-27-20(11-17(3)4)13-24-22(27)28/h5-9,16-17,19-21H,10-15H2,1-4H3,(H,24,28)(H,25,29). The van der Waals surface area contributed by atoms with Crippen molar-refractivity contribution in [1.29, 1.82) is 0 Å². The van der Waals surface area contributed by atoms with Gasteiger partial charge in [0.1, 0.15) is 0 Å². The molecule has 2 heterocycles. The molecule has 0 spiro atoms. The fourth-order valence-electron chi connectivity index (χ4n) is 4.60. The van der Waals surface area contributed by atoms with Crippen molar-refractivity contribution in [3.05, 3.63) is 35.9 Å². The molecule has 0 bridgehead atoms. The van der Waals surface area contributed by atoms with Gasteiger partial charge >= 0.3 is 0 Å². The molecule has 6 heteroatoms. The maximum absolute atomic E-state index is 5.78. The highest BCUT2D eigenvalue weighted by Crippen LogP contribution is 2.22. The Morgan fingerprint density at radius 1 is 1.00 bits per heavy atom. The third-order valence-corrected chi connectivity index (χ3v) is 6.59. The highest BCUT2D eigenvalue weighted by molar-refractivity contribution is 7.80. The van der Waals surface area contributed by atoms with Gasteiger partial charge in [-0.1, -0.05) is 58.0 Å². The molecule has 3 atom stereocenters. The van der Waals surface area contributed by atoms with Crippen molar-refractivity contribution >= 4 is 34.7 Å². The summed E-state index contributed by atoms with van der Waals surface area (Å²) in [5, 5.41) is 8.79. The van der Waals surface area contributed by atoms with E-state index in [1.165, 1.54) is 5.56 Å². The molecule has 4 nitrogen and oxygen atoms in total. The van der Waals surface area contributed by atoms with E-state index < -0.39 is 0 Å². The molecule has 1 aromatic carbocycles. The normalized spacial score (nSPS) is 23.1. The van der Waals surface area contributed by atoms with Gasteiger partial charge in [-0.05, 0) is 61.1 Å². The minimum atomic E-state index is 0.307. The minimum Gasteiger partial charge on any atom is -0.360 e. The molecule has 3 rings (SSSR count). The second-order valence-electron chi connectivity index (χ2n) is 9.39. The summed E-state index contributed by atoms with van der Waals surface area (Å²) >= 11 is 11.5. The van der Waals surface area contributed by atoms with Crippen LogP contribution < -0.4 is 10.6 Å². The van der Waals surface area contributed by atoms with E-state index in [9.17, 15) is 0 Å². The lowest BCUT2D eigenvalue weighted by Crippen LogP contribution is -2.49. The van der Waals surface area contributed by atoms with Gasteiger partial charge in [-0.25, -0.2) is 0 Å². The van der Waals surface area contributed by atoms with Crippen LogP contribution in [0.1, 0.15) is 46.1 Å². The van der Waals surface area contributed by atoms with Crippen LogP contribution in [-0.2, 0) is 6.42 Å². The lowest BCUT2D eigenvalue weighted by atomic mass is 10.00. The molecule has 0 aliphatic carbocycles. The molecular formula is C23H36N4S2. The predicted molar refractivity (Wildman–Crippen MR) is 130 cm³/mol. The number of benzene rings is 1. The first kappa shape index (κ1) is 22.3. The van der Waals surface area contributed by atoms with Gasteiger partial charge in [0.15, 0.2) is 10.2 Å². The van der Waals surface area contributed by atoms with E-state index in [1.807, 2.05) is 0 Å². The van der Waals surface area contributed by atoms with Crippen LogP contribution in [0.3, 0.4) is 0 Å².